The molecule has 0 unspecified atom stereocenters. The van der Waals surface area contributed by atoms with Crippen LogP contribution in [-0.4, -0.2) is 16.9 Å². The molecule has 0 aromatic heterocycles. The van der Waals surface area contributed by atoms with Gasteiger partial charge in [0.2, 0.25) is 11.8 Å². The zero-order valence-corrected chi connectivity index (χ0v) is 8.51. The maximum Gasteiger partial charge on any atom is 0.243 e. The van der Waals surface area contributed by atoms with E-state index in [-0.39, 0.29) is 16.9 Å². The van der Waals surface area contributed by atoms with E-state index in [4.69, 9.17) is 12.2 Å². The zero-order chi connectivity index (χ0) is 10.8. The fraction of sp³-hybridized carbons (Fsp3) is 0.100. The third-order valence-electron chi connectivity index (χ3n) is 2.13. The van der Waals surface area contributed by atoms with Crippen molar-refractivity contribution in [3.05, 3.63) is 35.9 Å². The van der Waals surface area contributed by atoms with Crippen LogP contribution in [-0.2, 0) is 9.59 Å². The Morgan fingerprint density at radius 2 is 1.53 bits per heavy atom. The van der Waals surface area contributed by atoms with Crippen LogP contribution in [0.15, 0.2) is 30.3 Å². The molecule has 0 aliphatic carbocycles. The van der Waals surface area contributed by atoms with E-state index in [2.05, 4.69) is 10.6 Å². The fourth-order valence-electron chi connectivity index (χ4n) is 1.47. The molecule has 4 nitrogen and oxygen atoms in total. The fourth-order valence-corrected chi connectivity index (χ4v) is 1.67. The molecule has 15 heavy (non-hydrogen) atoms. The highest BCUT2D eigenvalue weighted by atomic mass is 32.1. The molecule has 5 heteroatoms. The summed E-state index contributed by atoms with van der Waals surface area (Å²) >= 11 is 4.70. The Bertz CT molecular complexity index is 410. The summed E-state index contributed by atoms with van der Waals surface area (Å²) < 4.78 is 0. The van der Waals surface area contributed by atoms with E-state index >= 15 is 0 Å². The minimum absolute atomic E-state index is 0.0668. The number of amides is 2. The van der Waals surface area contributed by atoms with Crippen LogP contribution in [0.2, 0.25) is 0 Å². The summed E-state index contributed by atoms with van der Waals surface area (Å²) in [6.45, 7) is 0. The van der Waals surface area contributed by atoms with Gasteiger partial charge >= 0.3 is 0 Å². The molecule has 0 atom stereocenters. The van der Waals surface area contributed by atoms with E-state index in [0.29, 0.717) is 5.56 Å². The number of carbonyl (C=O) groups is 2. The summed E-state index contributed by atoms with van der Waals surface area (Å²) in [5, 5.41) is 4.90. The number of rotatable bonds is 1. The Labute approximate surface area is 91.7 Å². The van der Waals surface area contributed by atoms with Crippen molar-refractivity contribution in [1.29, 1.82) is 0 Å². The minimum Gasteiger partial charge on any atom is -0.302 e. The van der Waals surface area contributed by atoms with E-state index in [1.807, 2.05) is 6.07 Å². The molecule has 1 aliphatic heterocycles. The van der Waals surface area contributed by atoms with E-state index < -0.39 is 5.92 Å². The molecule has 0 radical (unpaired) electrons. The van der Waals surface area contributed by atoms with Gasteiger partial charge in [-0.1, -0.05) is 30.3 Å². The maximum atomic E-state index is 11.6. The third kappa shape index (κ3) is 1.87. The predicted octanol–water partition coefficient (Wildman–Crippen LogP) is 0.301. The lowest BCUT2D eigenvalue weighted by molar-refractivity contribution is -0.131. The molecular weight excluding hydrogens is 212 g/mol. The van der Waals surface area contributed by atoms with E-state index in [0.717, 1.165) is 0 Å². The van der Waals surface area contributed by atoms with Crippen LogP contribution in [0.3, 0.4) is 0 Å². The average molecular weight is 220 g/mol. The molecule has 1 aromatic carbocycles. The molecule has 1 heterocycles. The molecule has 1 aromatic rings. The largest absolute Gasteiger partial charge is 0.302 e. The number of hydrogen-bond donors (Lipinski definition) is 2. The van der Waals surface area contributed by atoms with Crippen LogP contribution < -0.4 is 10.6 Å². The van der Waals surface area contributed by atoms with Crippen molar-refractivity contribution in [3.63, 3.8) is 0 Å². The first-order valence-electron chi connectivity index (χ1n) is 4.39. The molecule has 1 fully saturated rings. The second-order valence-electron chi connectivity index (χ2n) is 3.15. The summed E-state index contributed by atoms with van der Waals surface area (Å²) in [6, 6.07) is 8.86. The second kappa shape index (κ2) is 3.78. The lowest BCUT2D eigenvalue weighted by Crippen LogP contribution is -2.54. The van der Waals surface area contributed by atoms with Crippen molar-refractivity contribution in [2.24, 2.45) is 0 Å². The van der Waals surface area contributed by atoms with Gasteiger partial charge in [0.05, 0.1) is 0 Å². The Balaban J connectivity index is 2.33. The molecular formula is C10H8N2O2S. The molecule has 0 spiro atoms. The molecule has 0 bridgehead atoms. The molecule has 76 valence electrons. The predicted molar refractivity (Wildman–Crippen MR) is 58.1 cm³/mol. The van der Waals surface area contributed by atoms with E-state index in [1.165, 1.54) is 0 Å². The Morgan fingerprint density at radius 1 is 1.00 bits per heavy atom. The van der Waals surface area contributed by atoms with Crippen molar-refractivity contribution in [2.45, 2.75) is 5.92 Å². The third-order valence-corrected chi connectivity index (χ3v) is 2.33. The molecule has 1 saturated heterocycles. The first-order chi connectivity index (χ1) is 7.18. The summed E-state index contributed by atoms with van der Waals surface area (Å²) in [5.74, 6) is -1.57. The highest BCUT2D eigenvalue weighted by molar-refractivity contribution is 7.80. The van der Waals surface area contributed by atoms with Crippen LogP contribution in [0.5, 0.6) is 0 Å². The summed E-state index contributed by atoms with van der Waals surface area (Å²) in [7, 11) is 0. The van der Waals surface area contributed by atoms with Gasteiger partial charge < -0.3 is 10.6 Å². The average Bonchev–Trinajstić information content (AvgIpc) is 2.17. The quantitative estimate of drug-likeness (QED) is 0.528. The lowest BCUT2D eigenvalue weighted by atomic mass is 9.96. The molecule has 2 N–H and O–H groups in total. The van der Waals surface area contributed by atoms with Crippen LogP contribution in [0.1, 0.15) is 11.5 Å². The number of carbonyl (C=O) groups excluding carboxylic acids is 2. The highest BCUT2D eigenvalue weighted by Crippen LogP contribution is 2.17. The van der Waals surface area contributed by atoms with Crippen molar-refractivity contribution in [2.75, 3.05) is 0 Å². The Hall–Kier alpha value is -1.75. The van der Waals surface area contributed by atoms with Crippen molar-refractivity contribution in [1.82, 2.24) is 10.6 Å². The summed E-state index contributed by atoms with van der Waals surface area (Å²) in [4.78, 5) is 23.1. The number of hydrogen-bond acceptors (Lipinski definition) is 3. The van der Waals surface area contributed by atoms with Gasteiger partial charge in [-0.05, 0) is 17.8 Å². The minimum atomic E-state index is -0.808. The number of thiocarbonyl (C=S) groups is 1. The van der Waals surface area contributed by atoms with Crippen molar-refractivity contribution < 1.29 is 9.59 Å². The number of nitrogens with one attached hydrogen (secondary N) is 2. The van der Waals surface area contributed by atoms with Crippen LogP contribution >= 0.6 is 12.2 Å². The number of benzene rings is 1. The van der Waals surface area contributed by atoms with Gasteiger partial charge in [0, 0.05) is 0 Å². The van der Waals surface area contributed by atoms with E-state index in [1.54, 1.807) is 24.3 Å². The molecule has 2 amide bonds. The topological polar surface area (TPSA) is 58.2 Å². The van der Waals surface area contributed by atoms with Gasteiger partial charge in [-0.25, -0.2) is 0 Å². The van der Waals surface area contributed by atoms with Crippen molar-refractivity contribution >= 4 is 29.1 Å². The lowest BCUT2D eigenvalue weighted by Gasteiger charge is -2.22. The Morgan fingerprint density at radius 3 is 2.07 bits per heavy atom. The monoisotopic (exact) mass is 220 g/mol. The van der Waals surface area contributed by atoms with Gasteiger partial charge in [0.15, 0.2) is 5.11 Å². The van der Waals surface area contributed by atoms with Gasteiger partial charge in [-0.3, -0.25) is 9.59 Å². The molecule has 2 rings (SSSR count). The first-order valence-corrected chi connectivity index (χ1v) is 4.80. The van der Waals surface area contributed by atoms with Crippen LogP contribution in [0, 0.1) is 0 Å². The van der Waals surface area contributed by atoms with Gasteiger partial charge in [-0.2, -0.15) is 0 Å². The van der Waals surface area contributed by atoms with Gasteiger partial charge in [0.25, 0.3) is 0 Å². The maximum absolute atomic E-state index is 11.6. The van der Waals surface area contributed by atoms with Gasteiger partial charge in [-0.15, -0.1) is 0 Å². The Kier molecular flexibility index (Phi) is 2.47. The first kappa shape index (κ1) is 9.79. The van der Waals surface area contributed by atoms with E-state index in [9.17, 15) is 9.59 Å². The molecule has 1 aliphatic rings. The highest BCUT2D eigenvalue weighted by Gasteiger charge is 2.33. The molecule has 0 saturated carbocycles. The van der Waals surface area contributed by atoms with Crippen molar-refractivity contribution in [3.8, 4) is 0 Å². The van der Waals surface area contributed by atoms with Crippen LogP contribution in [0.4, 0.5) is 0 Å². The SMILES string of the molecule is O=C1NC(=S)NC(=O)C1c1ccccc1. The normalized spacial score (nSPS) is 17.2. The summed E-state index contributed by atoms with van der Waals surface area (Å²) in [6.07, 6.45) is 0. The standard InChI is InChI=1S/C10H8N2O2S/c13-8-7(6-4-2-1-3-5-6)9(14)12-10(15)11-8/h1-5,7H,(H2,11,12,13,14,15). The zero-order valence-electron chi connectivity index (χ0n) is 7.69. The smallest absolute Gasteiger partial charge is 0.243 e. The van der Waals surface area contributed by atoms with Gasteiger partial charge in [0.1, 0.15) is 5.92 Å². The second-order valence-corrected chi connectivity index (χ2v) is 3.56. The van der Waals surface area contributed by atoms with Crippen LogP contribution in [0.25, 0.3) is 0 Å². The summed E-state index contributed by atoms with van der Waals surface area (Å²) in [5.41, 5.74) is 0.662.